The minimum Gasteiger partial charge on any atom is -0.496 e. The van der Waals surface area contributed by atoms with E-state index in [1.807, 2.05) is 6.07 Å². The van der Waals surface area contributed by atoms with Gasteiger partial charge in [-0.25, -0.2) is 0 Å². The standard InChI is InChI=1S/C15H19NO/c1-3-12-5-6-14(17-2)13(9-12)10-15(11-16)7-4-8-15/h5-6,9H,3-4,7-8,10H2,1-2H3. The van der Waals surface area contributed by atoms with Gasteiger partial charge in [0.1, 0.15) is 5.75 Å². The van der Waals surface area contributed by atoms with Gasteiger partial charge in [-0.2, -0.15) is 5.26 Å². The quantitative estimate of drug-likeness (QED) is 0.791. The van der Waals surface area contributed by atoms with Gasteiger partial charge in [-0.3, -0.25) is 0 Å². The summed E-state index contributed by atoms with van der Waals surface area (Å²) in [6, 6.07) is 8.81. The van der Waals surface area contributed by atoms with Crippen molar-refractivity contribution in [2.75, 3.05) is 7.11 Å². The highest BCUT2D eigenvalue weighted by Crippen LogP contribution is 2.44. The van der Waals surface area contributed by atoms with Crippen molar-refractivity contribution in [1.29, 1.82) is 5.26 Å². The molecule has 2 nitrogen and oxygen atoms in total. The second kappa shape index (κ2) is 4.79. The third-order valence-electron chi connectivity index (χ3n) is 3.83. The van der Waals surface area contributed by atoms with Gasteiger partial charge < -0.3 is 4.74 Å². The lowest BCUT2D eigenvalue weighted by molar-refractivity contribution is 0.212. The molecular formula is C15H19NO. The van der Waals surface area contributed by atoms with Gasteiger partial charge in [-0.1, -0.05) is 25.5 Å². The molecule has 17 heavy (non-hydrogen) atoms. The predicted octanol–water partition coefficient (Wildman–Crippen LogP) is 3.49. The van der Waals surface area contributed by atoms with Gasteiger partial charge in [0.15, 0.2) is 0 Å². The molecule has 1 aliphatic carbocycles. The van der Waals surface area contributed by atoms with E-state index in [1.165, 1.54) is 17.5 Å². The highest BCUT2D eigenvalue weighted by atomic mass is 16.5. The van der Waals surface area contributed by atoms with E-state index in [0.717, 1.165) is 31.4 Å². The molecule has 0 spiro atoms. The summed E-state index contributed by atoms with van der Waals surface area (Å²) in [5, 5.41) is 9.30. The zero-order valence-electron chi connectivity index (χ0n) is 10.6. The van der Waals surface area contributed by atoms with E-state index in [2.05, 4.69) is 25.1 Å². The molecule has 0 aliphatic heterocycles. The first-order chi connectivity index (χ1) is 8.23. The first kappa shape index (κ1) is 12.0. The van der Waals surface area contributed by atoms with Crippen LogP contribution in [0.1, 0.15) is 37.3 Å². The van der Waals surface area contributed by atoms with Crippen molar-refractivity contribution in [2.45, 2.75) is 39.0 Å². The second-order valence-corrected chi connectivity index (χ2v) is 4.92. The Morgan fingerprint density at radius 1 is 1.41 bits per heavy atom. The van der Waals surface area contributed by atoms with E-state index in [9.17, 15) is 5.26 Å². The Labute approximate surface area is 103 Å². The van der Waals surface area contributed by atoms with Gasteiger partial charge in [0, 0.05) is 0 Å². The molecule has 0 radical (unpaired) electrons. The van der Waals surface area contributed by atoms with Crippen LogP contribution >= 0.6 is 0 Å². The third-order valence-corrected chi connectivity index (χ3v) is 3.83. The van der Waals surface area contributed by atoms with Crippen molar-refractivity contribution in [3.8, 4) is 11.8 Å². The average molecular weight is 229 g/mol. The van der Waals surface area contributed by atoms with Crippen molar-refractivity contribution in [2.24, 2.45) is 5.41 Å². The highest BCUT2D eigenvalue weighted by Gasteiger charge is 2.37. The van der Waals surface area contributed by atoms with Gasteiger partial charge in [0.05, 0.1) is 18.6 Å². The van der Waals surface area contributed by atoms with Crippen LogP contribution < -0.4 is 4.74 Å². The minimum absolute atomic E-state index is 0.125. The van der Waals surface area contributed by atoms with Crippen LogP contribution in [0.5, 0.6) is 5.75 Å². The maximum atomic E-state index is 9.30. The van der Waals surface area contributed by atoms with Crippen molar-refractivity contribution in [3.05, 3.63) is 29.3 Å². The molecule has 1 aromatic rings. The molecule has 0 aromatic heterocycles. The number of aryl methyl sites for hydroxylation is 1. The Bertz CT molecular complexity index is 441. The normalized spacial score (nSPS) is 17.0. The SMILES string of the molecule is CCc1ccc(OC)c(CC2(C#N)CCC2)c1. The van der Waals surface area contributed by atoms with Gasteiger partial charge in [-0.05, 0) is 42.9 Å². The van der Waals surface area contributed by atoms with Gasteiger partial charge in [-0.15, -0.1) is 0 Å². The van der Waals surface area contributed by atoms with E-state index in [-0.39, 0.29) is 5.41 Å². The monoisotopic (exact) mass is 229 g/mol. The molecule has 90 valence electrons. The summed E-state index contributed by atoms with van der Waals surface area (Å²) in [5.41, 5.74) is 2.38. The number of nitriles is 1. The van der Waals surface area contributed by atoms with Crippen molar-refractivity contribution in [1.82, 2.24) is 0 Å². The molecule has 0 atom stereocenters. The molecule has 1 aromatic carbocycles. The smallest absolute Gasteiger partial charge is 0.122 e. The fourth-order valence-corrected chi connectivity index (χ4v) is 2.49. The molecule has 0 heterocycles. The van der Waals surface area contributed by atoms with Crippen molar-refractivity contribution < 1.29 is 4.74 Å². The Kier molecular flexibility index (Phi) is 3.38. The van der Waals surface area contributed by atoms with Crippen LogP contribution in [0.4, 0.5) is 0 Å². The summed E-state index contributed by atoms with van der Waals surface area (Å²) in [7, 11) is 1.70. The van der Waals surface area contributed by atoms with Crippen molar-refractivity contribution in [3.63, 3.8) is 0 Å². The van der Waals surface area contributed by atoms with E-state index in [0.29, 0.717) is 0 Å². The van der Waals surface area contributed by atoms with Gasteiger partial charge in [0.25, 0.3) is 0 Å². The molecule has 0 bridgehead atoms. The van der Waals surface area contributed by atoms with Gasteiger partial charge >= 0.3 is 0 Å². The number of benzene rings is 1. The number of nitrogens with zero attached hydrogens (tertiary/aromatic N) is 1. The minimum atomic E-state index is -0.125. The van der Waals surface area contributed by atoms with Gasteiger partial charge in [0.2, 0.25) is 0 Å². The summed E-state index contributed by atoms with van der Waals surface area (Å²) in [6.45, 7) is 2.15. The molecule has 2 rings (SSSR count). The topological polar surface area (TPSA) is 33.0 Å². The van der Waals surface area contributed by atoms with Crippen LogP contribution in [-0.4, -0.2) is 7.11 Å². The first-order valence-electron chi connectivity index (χ1n) is 6.30. The lowest BCUT2D eigenvalue weighted by Gasteiger charge is -2.35. The molecule has 2 heteroatoms. The molecule has 0 saturated heterocycles. The molecule has 0 amide bonds. The van der Waals surface area contributed by atoms with Crippen LogP contribution in [0.15, 0.2) is 18.2 Å². The first-order valence-corrected chi connectivity index (χ1v) is 6.30. The molecule has 0 unspecified atom stereocenters. The average Bonchev–Trinajstić information content (AvgIpc) is 2.33. The lowest BCUT2D eigenvalue weighted by atomic mass is 9.66. The second-order valence-electron chi connectivity index (χ2n) is 4.92. The molecule has 1 aliphatic rings. The number of rotatable bonds is 4. The third kappa shape index (κ3) is 2.29. The molecule has 0 N–H and O–H groups in total. The predicted molar refractivity (Wildman–Crippen MR) is 68.0 cm³/mol. The maximum absolute atomic E-state index is 9.30. The summed E-state index contributed by atoms with van der Waals surface area (Å²) >= 11 is 0. The number of methoxy groups -OCH3 is 1. The van der Waals surface area contributed by atoms with E-state index in [4.69, 9.17) is 4.74 Å². The van der Waals surface area contributed by atoms with Crippen LogP contribution in [-0.2, 0) is 12.8 Å². The Morgan fingerprint density at radius 3 is 2.65 bits per heavy atom. The number of hydrogen-bond donors (Lipinski definition) is 0. The zero-order valence-corrected chi connectivity index (χ0v) is 10.6. The summed E-state index contributed by atoms with van der Waals surface area (Å²) in [4.78, 5) is 0. The van der Waals surface area contributed by atoms with Crippen LogP contribution in [0, 0.1) is 16.7 Å². The van der Waals surface area contributed by atoms with Crippen LogP contribution in [0.2, 0.25) is 0 Å². The van der Waals surface area contributed by atoms with Crippen molar-refractivity contribution >= 4 is 0 Å². The summed E-state index contributed by atoms with van der Waals surface area (Å²) in [5.74, 6) is 0.920. The maximum Gasteiger partial charge on any atom is 0.122 e. The van der Waals surface area contributed by atoms with Crippen LogP contribution in [0.25, 0.3) is 0 Å². The zero-order chi connectivity index (χ0) is 12.3. The fraction of sp³-hybridized carbons (Fsp3) is 0.533. The Hall–Kier alpha value is -1.49. The van der Waals surface area contributed by atoms with E-state index >= 15 is 0 Å². The summed E-state index contributed by atoms with van der Waals surface area (Å²) < 4.78 is 5.39. The number of ether oxygens (including phenoxy) is 1. The fourth-order valence-electron chi connectivity index (χ4n) is 2.49. The highest BCUT2D eigenvalue weighted by molar-refractivity contribution is 5.39. The molecule has 1 fully saturated rings. The van der Waals surface area contributed by atoms with Crippen LogP contribution in [0.3, 0.4) is 0 Å². The molecular weight excluding hydrogens is 210 g/mol. The van der Waals surface area contributed by atoms with E-state index < -0.39 is 0 Å². The molecule has 1 saturated carbocycles. The summed E-state index contributed by atoms with van der Waals surface area (Å²) in [6.07, 6.45) is 5.10. The lowest BCUT2D eigenvalue weighted by Crippen LogP contribution is -2.30. The number of hydrogen-bond acceptors (Lipinski definition) is 2. The Morgan fingerprint density at radius 2 is 2.18 bits per heavy atom. The van der Waals surface area contributed by atoms with E-state index in [1.54, 1.807) is 7.11 Å². The largest absolute Gasteiger partial charge is 0.496 e. The Balaban J connectivity index is 2.27.